The summed E-state index contributed by atoms with van der Waals surface area (Å²) in [4.78, 5) is 18.0. The van der Waals surface area contributed by atoms with Crippen molar-refractivity contribution in [1.29, 1.82) is 0 Å². The second kappa shape index (κ2) is 7.62. The topological polar surface area (TPSA) is 58.4 Å². The average Bonchev–Trinajstić information content (AvgIpc) is 3.32. The van der Waals surface area contributed by atoms with E-state index in [0.29, 0.717) is 5.92 Å². The number of hydrogen-bond donors (Lipinski definition) is 1. The number of benzene rings is 1. The second-order valence-corrected chi connectivity index (χ2v) is 7.84. The molecule has 1 aromatic heterocycles. The largest absolute Gasteiger partial charge is 0.481 e. The molecule has 2 aromatic rings. The Bertz CT molecular complexity index is 749. The summed E-state index contributed by atoms with van der Waals surface area (Å²) in [6, 6.07) is 8.01. The summed E-state index contributed by atoms with van der Waals surface area (Å²) in [5.74, 6) is 1.87. The predicted molar refractivity (Wildman–Crippen MR) is 100.0 cm³/mol. The molecule has 0 spiro atoms. The van der Waals surface area contributed by atoms with Crippen LogP contribution >= 0.6 is 0 Å². The molecule has 0 unspecified atom stereocenters. The highest BCUT2D eigenvalue weighted by Gasteiger charge is 2.27. The molecular weight excluding hydrogens is 326 g/mol. The van der Waals surface area contributed by atoms with E-state index in [1.54, 1.807) is 0 Å². The number of hydrogen-bond acceptors (Lipinski definition) is 3. The molecule has 5 nitrogen and oxygen atoms in total. The Hall–Kier alpha value is -2.14. The Morgan fingerprint density at radius 1 is 1.15 bits per heavy atom. The third-order valence-corrected chi connectivity index (χ3v) is 5.55. The molecule has 1 N–H and O–H groups in total. The third kappa shape index (κ3) is 4.33. The molecule has 2 heterocycles. The molecule has 1 atom stereocenters. The highest BCUT2D eigenvalue weighted by molar-refractivity contribution is 5.70. The van der Waals surface area contributed by atoms with E-state index in [-0.39, 0.29) is 6.42 Å². The zero-order valence-electron chi connectivity index (χ0n) is 15.2. The van der Waals surface area contributed by atoms with E-state index < -0.39 is 5.97 Å². The van der Waals surface area contributed by atoms with E-state index in [1.165, 1.54) is 37.1 Å². The Labute approximate surface area is 154 Å². The van der Waals surface area contributed by atoms with Gasteiger partial charge in [-0.3, -0.25) is 9.69 Å². The molecule has 1 saturated carbocycles. The number of likely N-dealkylation sites (tertiary alicyclic amines) is 1. The lowest BCUT2D eigenvalue weighted by atomic mass is 9.96. The summed E-state index contributed by atoms with van der Waals surface area (Å²) < 4.78 is 2.38. The molecule has 0 amide bonds. The maximum absolute atomic E-state index is 10.8. The molecular formula is C21H27N3O2. The van der Waals surface area contributed by atoms with Crippen LogP contribution in [-0.4, -0.2) is 38.6 Å². The van der Waals surface area contributed by atoms with Crippen LogP contribution in [0.15, 0.2) is 36.7 Å². The van der Waals surface area contributed by atoms with Crippen LogP contribution in [-0.2, 0) is 24.3 Å². The molecule has 4 rings (SSSR count). The highest BCUT2D eigenvalue weighted by Crippen LogP contribution is 2.33. The van der Waals surface area contributed by atoms with Crippen molar-refractivity contribution < 1.29 is 9.90 Å². The van der Waals surface area contributed by atoms with Gasteiger partial charge in [0.2, 0.25) is 0 Å². The Kier molecular flexibility index (Phi) is 5.07. The normalized spacial score (nSPS) is 21.0. The van der Waals surface area contributed by atoms with Crippen LogP contribution in [0.4, 0.5) is 0 Å². The summed E-state index contributed by atoms with van der Waals surface area (Å²) in [7, 11) is 0. The van der Waals surface area contributed by atoms with Gasteiger partial charge in [0, 0.05) is 37.9 Å². The van der Waals surface area contributed by atoms with Crippen molar-refractivity contribution >= 4 is 5.97 Å². The smallest absolute Gasteiger partial charge is 0.307 e. The maximum atomic E-state index is 10.8. The molecule has 138 valence electrons. The van der Waals surface area contributed by atoms with Crippen LogP contribution in [0, 0.1) is 5.92 Å². The number of carboxylic acids is 1. The fourth-order valence-corrected chi connectivity index (χ4v) is 4.02. The van der Waals surface area contributed by atoms with Gasteiger partial charge in [-0.25, -0.2) is 4.98 Å². The van der Waals surface area contributed by atoms with E-state index in [0.717, 1.165) is 37.7 Å². The molecule has 1 aliphatic carbocycles. The van der Waals surface area contributed by atoms with Crippen molar-refractivity contribution in [2.45, 2.75) is 51.1 Å². The van der Waals surface area contributed by atoms with Crippen molar-refractivity contribution in [1.82, 2.24) is 14.5 Å². The average molecular weight is 353 g/mol. The number of piperidine rings is 1. The van der Waals surface area contributed by atoms with Crippen LogP contribution in [0.1, 0.15) is 48.6 Å². The molecule has 0 radical (unpaired) electrons. The number of imidazole rings is 1. The number of rotatable bonds is 7. The zero-order chi connectivity index (χ0) is 17.9. The number of aliphatic carboxylic acids is 1. The summed E-state index contributed by atoms with van der Waals surface area (Å²) >= 11 is 0. The number of nitrogens with zero attached hydrogens (tertiary/aromatic N) is 3. The Morgan fingerprint density at radius 3 is 2.65 bits per heavy atom. The standard InChI is InChI=1S/C21H27N3O2/c25-20(26)12-16-3-5-17(6-4-16)13-23-10-1-2-19(15-23)21-22-9-11-24(21)14-18-7-8-18/h3-6,9,11,18-19H,1-2,7-8,10,12-15H2,(H,25,26)/t19-/m1/s1. The molecule has 0 bridgehead atoms. The zero-order valence-corrected chi connectivity index (χ0v) is 15.2. The summed E-state index contributed by atoms with van der Waals surface area (Å²) in [6.45, 7) is 4.24. The van der Waals surface area contributed by atoms with Gasteiger partial charge in [-0.1, -0.05) is 24.3 Å². The van der Waals surface area contributed by atoms with Gasteiger partial charge in [0.25, 0.3) is 0 Å². The maximum Gasteiger partial charge on any atom is 0.307 e. The van der Waals surface area contributed by atoms with Crippen molar-refractivity contribution in [2.24, 2.45) is 5.92 Å². The second-order valence-electron chi connectivity index (χ2n) is 7.84. The third-order valence-electron chi connectivity index (χ3n) is 5.55. The molecule has 1 aromatic carbocycles. The van der Waals surface area contributed by atoms with Gasteiger partial charge in [-0.15, -0.1) is 0 Å². The van der Waals surface area contributed by atoms with Crippen LogP contribution < -0.4 is 0 Å². The highest BCUT2D eigenvalue weighted by atomic mass is 16.4. The fraction of sp³-hybridized carbons (Fsp3) is 0.524. The van der Waals surface area contributed by atoms with E-state index in [1.807, 2.05) is 18.3 Å². The van der Waals surface area contributed by atoms with Gasteiger partial charge < -0.3 is 9.67 Å². The molecule has 1 aliphatic heterocycles. The SMILES string of the molecule is O=C(O)Cc1ccc(CN2CCC[C@@H](c3nccn3CC3CC3)C2)cc1. The first-order valence-electron chi connectivity index (χ1n) is 9.70. The number of carboxylic acid groups (broad SMARTS) is 1. The van der Waals surface area contributed by atoms with Gasteiger partial charge in [0.05, 0.1) is 6.42 Å². The molecule has 5 heteroatoms. The van der Waals surface area contributed by atoms with Gasteiger partial charge in [0.1, 0.15) is 5.82 Å². The van der Waals surface area contributed by atoms with Crippen molar-refractivity contribution in [3.05, 3.63) is 53.6 Å². The van der Waals surface area contributed by atoms with E-state index >= 15 is 0 Å². The van der Waals surface area contributed by atoms with Crippen LogP contribution in [0.3, 0.4) is 0 Å². The quantitative estimate of drug-likeness (QED) is 0.830. The minimum Gasteiger partial charge on any atom is -0.481 e. The summed E-state index contributed by atoms with van der Waals surface area (Å²) in [6.07, 6.45) is 9.35. The number of aromatic nitrogens is 2. The van der Waals surface area contributed by atoms with Crippen LogP contribution in [0.2, 0.25) is 0 Å². The van der Waals surface area contributed by atoms with Crippen LogP contribution in [0.5, 0.6) is 0 Å². The Balaban J connectivity index is 1.37. The van der Waals surface area contributed by atoms with Crippen molar-refractivity contribution in [3.8, 4) is 0 Å². The summed E-state index contributed by atoms with van der Waals surface area (Å²) in [5.41, 5.74) is 2.11. The van der Waals surface area contributed by atoms with Crippen molar-refractivity contribution in [3.63, 3.8) is 0 Å². The first-order chi connectivity index (χ1) is 12.7. The van der Waals surface area contributed by atoms with Crippen LogP contribution in [0.25, 0.3) is 0 Å². The van der Waals surface area contributed by atoms with Gasteiger partial charge in [-0.05, 0) is 49.3 Å². The van der Waals surface area contributed by atoms with E-state index in [2.05, 4.69) is 32.8 Å². The van der Waals surface area contributed by atoms with E-state index in [4.69, 9.17) is 5.11 Å². The Morgan fingerprint density at radius 2 is 1.92 bits per heavy atom. The van der Waals surface area contributed by atoms with Gasteiger partial charge >= 0.3 is 5.97 Å². The fourth-order valence-electron chi connectivity index (χ4n) is 4.02. The lowest BCUT2D eigenvalue weighted by Crippen LogP contribution is -2.35. The van der Waals surface area contributed by atoms with Gasteiger partial charge in [-0.2, -0.15) is 0 Å². The molecule has 2 aliphatic rings. The molecule has 2 fully saturated rings. The molecule has 26 heavy (non-hydrogen) atoms. The van der Waals surface area contributed by atoms with Gasteiger partial charge in [0.15, 0.2) is 0 Å². The van der Waals surface area contributed by atoms with Crippen molar-refractivity contribution in [2.75, 3.05) is 13.1 Å². The molecule has 1 saturated heterocycles. The van der Waals surface area contributed by atoms with E-state index in [9.17, 15) is 4.79 Å². The monoisotopic (exact) mass is 353 g/mol. The summed E-state index contributed by atoms with van der Waals surface area (Å²) in [5, 5.41) is 8.88. The first kappa shape index (κ1) is 17.3. The minimum atomic E-state index is -0.779. The minimum absolute atomic E-state index is 0.0930. The number of carbonyl (C=O) groups is 1. The first-order valence-corrected chi connectivity index (χ1v) is 9.70. The lowest BCUT2D eigenvalue weighted by Gasteiger charge is -2.32. The lowest BCUT2D eigenvalue weighted by molar-refractivity contribution is -0.136. The predicted octanol–water partition coefficient (Wildman–Crippen LogP) is 3.30.